The van der Waals surface area contributed by atoms with Crippen LogP contribution in [0, 0.1) is 5.92 Å². The molecular formula is C30H41NO4. The molecule has 0 bridgehead atoms. The number of hydrogen-bond acceptors (Lipinski definition) is 4. The van der Waals surface area contributed by atoms with E-state index in [0.29, 0.717) is 38.6 Å². The zero-order valence-electron chi connectivity index (χ0n) is 22.0. The van der Waals surface area contributed by atoms with Gasteiger partial charge in [-0.25, -0.2) is 0 Å². The summed E-state index contributed by atoms with van der Waals surface area (Å²) in [6.07, 6.45) is 4.41. The number of Topliss-reactive ketones (excluding diaryl/α,β-unsaturated/α-hetero) is 3. The average molecular weight is 480 g/mol. The molecule has 2 rings (SSSR count). The van der Waals surface area contributed by atoms with Gasteiger partial charge in [0.15, 0.2) is 5.78 Å². The standard InChI is InChI=1S/C21H25NO2.C9H16O2/c1-3-8-20(23)19-12-11-17(13-18(19)4-2)14-21(24)22-15-16-9-6-5-7-10-16;1-4-9(11)6-5-7(2)8(3)10/h5-7,9-13H,3-4,8,14-15H2,1-2H3,(H,22,24);7H,4-6H2,1-3H3. The summed E-state index contributed by atoms with van der Waals surface area (Å²) in [6.45, 7) is 9.87. The van der Waals surface area contributed by atoms with Crippen molar-refractivity contribution in [1.82, 2.24) is 5.32 Å². The summed E-state index contributed by atoms with van der Waals surface area (Å²) >= 11 is 0. The third-order valence-electron chi connectivity index (χ3n) is 5.97. The fourth-order valence-corrected chi connectivity index (χ4v) is 3.49. The predicted octanol–water partition coefficient (Wildman–Crippen LogP) is 6.06. The van der Waals surface area contributed by atoms with Crippen LogP contribution in [-0.4, -0.2) is 23.3 Å². The molecule has 0 saturated carbocycles. The number of benzene rings is 2. The predicted molar refractivity (Wildman–Crippen MR) is 141 cm³/mol. The Bertz CT molecular complexity index is 966. The van der Waals surface area contributed by atoms with Crippen LogP contribution in [0.25, 0.3) is 0 Å². The minimum Gasteiger partial charge on any atom is -0.352 e. The molecule has 190 valence electrons. The quantitative estimate of drug-likeness (QED) is 0.354. The molecule has 2 aromatic carbocycles. The molecule has 1 N–H and O–H groups in total. The second-order valence-electron chi connectivity index (χ2n) is 8.90. The van der Waals surface area contributed by atoms with E-state index in [1.54, 1.807) is 6.92 Å². The Morgan fingerprint density at radius 2 is 1.57 bits per heavy atom. The van der Waals surface area contributed by atoms with Crippen LogP contribution in [0.2, 0.25) is 0 Å². The number of amides is 1. The van der Waals surface area contributed by atoms with Gasteiger partial charge in [0.1, 0.15) is 11.6 Å². The summed E-state index contributed by atoms with van der Waals surface area (Å²) < 4.78 is 0. The van der Waals surface area contributed by atoms with Crippen LogP contribution in [0.3, 0.4) is 0 Å². The van der Waals surface area contributed by atoms with Crippen molar-refractivity contribution >= 4 is 23.3 Å². The topological polar surface area (TPSA) is 80.3 Å². The van der Waals surface area contributed by atoms with Crippen LogP contribution in [-0.2, 0) is 33.8 Å². The summed E-state index contributed by atoms with van der Waals surface area (Å²) in [6, 6.07) is 15.6. The zero-order valence-corrected chi connectivity index (χ0v) is 22.0. The maximum absolute atomic E-state index is 12.1. The molecule has 0 aliphatic carbocycles. The van der Waals surface area contributed by atoms with Gasteiger partial charge in [-0.2, -0.15) is 0 Å². The number of nitrogens with one attached hydrogen (secondary N) is 1. The van der Waals surface area contributed by atoms with Crippen LogP contribution in [0.5, 0.6) is 0 Å². The summed E-state index contributed by atoms with van der Waals surface area (Å²) in [5.74, 6) is 0.653. The molecule has 1 unspecified atom stereocenters. The van der Waals surface area contributed by atoms with Gasteiger partial charge in [0.25, 0.3) is 0 Å². The van der Waals surface area contributed by atoms with Crippen LogP contribution in [0.4, 0.5) is 0 Å². The Morgan fingerprint density at radius 1 is 0.886 bits per heavy atom. The lowest BCUT2D eigenvalue weighted by atomic mass is 9.96. The number of carbonyl (C=O) groups excluding carboxylic acids is 4. The SMILES string of the molecule is CCC(=O)CCC(C)C(C)=O.CCCC(=O)c1ccc(CC(=O)NCc2ccccc2)cc1CC. The first kappa shape index (κ1) is 30.0. The molecule has 35 heavy (non-hydrogen) atoms. The van der Waals surface area contributed by atoms with Crippen LogP contribution in [0.15, 0.2) is 48.5 Å². The van der Waals surface area contributed by atoms with E-state index >= 15 is 0 Å². The van der Waals surface area contributed by atoms with Crippen molar-refractivity contribution in [2.24, 2.45) is 5.92 Å². The van der Waals surface area contributed by atoms with Crippen LogP contribution in [0.1, 0.15) is 93.8 Å². The minimum atomic E-state index is -0.00598. The highest BCUT2D eigenvalue weighted by atomic mass is 16.2. The number of ketones is 3. The van der Waals surface area contributed by atoms with Crippen LogP contribution >= 0.6 is 0 Å². The molecule has 0 aliphatic heterocycles. The molecule has 0 heterocycles. The van der Waals surface area contributed by atoms with Gasteiger partial charge >= 0.3 is 0 Å². The summed E-state index contributed by atoms with van der Waals surface area (Å²) in [7, 11) is 0. The van der Waals surface area contributed by atoms with E-state index in [0.717, 1.165) is 35.1 Å². The molecule has 5 nitrogen and oxygen atoms in total. The van der Waals surface area contributed by atoms with Gasteiger partial charge in [-0.15, -0.1) is 0 Å². The van der Waals surface area contributed by atoms with Crippen LogP contribution < -0.4 is 5.32 Å². The largest absolute Gasteiger partial charge is 0.352 e. The highest BCUT2D eigenvalue weighted by Crippen LogP contribution is 2.16. The van der Waals surface area contributed by atoms with Crippen molar-refractivity contribution < 1.29 is 19.2 Å². The van der Waals surface area contributed by atoms with Crippen molar-refractivity contribution in [3.05, 3.63) is 70.8 Å². The van der Waals surface area contributed by atoms with Crippen molar-refractivity contribution in [2.75, 3.05) is 0 Å². The second-order valence-corrected chi connectivity index (χ2v) is 8.90. The second kappa shape index (κ2) is 16.5. The lowest BCUT2D eigenvalue weighted by molar-refractivity contribution is -0.122. The number of aryl methyl sites for hydroxylation is 1. The van der Waals surface area contributed by atoms with E-state index in [1.165, 1.54) is 0 Å². The van der Waals surface area contributed by atoms with Gasteiger partial charge in [-0.3, -0.25) is 19.2 Å². The van der Waals surface area contributed by atoms with Gasteiger partial charge in [0.05, 0.1) is 6.42 Å². The lowest BCUT2D eigenvalue weighted by Gasteiger charge is -2.10. The Hall–Kier alpha value is -3.08. The van der Waals surface area contributed by atoms with E-state index in [1.807, 2.05) is 76.2 Å². The maximum Gasteiger partial charge on any atom is 0.224 e. The first-order valence-electron chi connectivity index (χ1n) is 12.7. The summed E-state index contributed by atoms with van der Waals surface area (Å²) in [5, 5.41) is 2.94. The summed E-state index contributed by atoms with van der Waals surface area (Å²) in [4.78, 5) is 45.8. The molecule has 1 amide bonds. The summed E-state index contributed by atoms with van der Waals surface area (Å²) in [5.41, 5.74) is 3.86. The molecule has 5 heteroatoms. The molecule has 2 aromatic rings. The molecule has 0 radical (unpaired) electrons. The first-order chi connectivity index (χ1) is 16.7. The lowest BCUT2D eigenvalue weighted by Crippen LogP contribution is -2.24. The van der Waals surface area contributed by atoms with Crippen molar-refractivity contribution in [1.29, 1.82) is 0 Å². The number of carbonyl (C=O) groups is 4. The van der Waals surface area contributed by atoms with Gasteiger partial charge in [-0.05, 0) is 42.9 Å². The molecule has 0 aliphatic rings. The fourth-order valence-electron chi connectivity index (χ4n) is 3.49. The first-order valence-corrected chi connectivity index (χ1v) is 12.7. The molecule has 1 atom stereocenters. The highest BCUT2D eigenvalue weighted by Gasteiger charge is 2.12. The Labute approximate surface area is 210 Å². The third-order valence-corrected chi connectivity index (χ3v) is 5.97. The van der Waals surface area contributed by atoms with E-state index < -0.39 is 0 Å². The van der Waals surface area contributed by atoms with E-state index in [-0.39, 0.29) is 29.2 Å². The Balaban J connectivity index is 0.000000471. The molecule has 0 fully saturated rings. The Kier molecular flexibility index (Phi) is 14.1. The molecule has 0 saturated heterocycles. The third kappa shape index (κ3) is 11.7. The molecular weight excluding hydrogens is 438 g/mol. The maximum atomic E-state index is 12.1. The average Bonchev–Trinajstić information content (AvgIpc) is 2.86. The normalized spacial score (nSPS) is 11.1. The van der Waals surface area contributed by atoms with E-state index in [2.05, 4.69) is 5.32 Å². The number of hydrogen-bond donors (Lipinski definition) is 1. The van der Waals surface area contributed by atoms with Gasteiger partial charge in [0.2, 0.25) is 5.91 Å². The van der Waals surface area contributed by atoms with Gasteiger partial charge in [0, 0.05) is 37.3 Å². The van der Waals surface area contributed by atoms with Gasteiger partial charge < -0.3 is 5.32 Å². The Morgan fingerprint density at radius 3 is 2.14 bits per heavy atom. The van der Waals surface area contributed by atoms with Crippen molar-refractivity contribution in [2.45, 2.75) is 86.1 Å². The molecule has 0 spiro atoms. The highest BCUT2D eigenvalue weighted by molar-refractivity contribution is 5.97. The van der Waals surface area contributed by atoms with E-state index in [4.69, 9.17) is 0 Å². The molecule has 0 aromatic heterocycles. The van der Waals surface area contributed by atoms with Gasteiger partial charge in [-0.1, -0.05) is 76.2 Å². The van der Waals surface area contributed by atoms with Crippen molar-refractivity contribution in [3.63, 3.8) is 0 Å². The monoisotopic (exact) mass is 479 g/mol. The zero-order chi connectivity index (χ0) is 26.2. The smallest absolute Gasteiger partial charge is 0.224 e. The fraction of sp³-hybridized carbons (Fsp3) is 0.467. The van der Waals surface area contributed by atoms with E-state index in [9.17, 15) is 19.2 Å². The van der Waals surface area contributed by atoms with Crippen molar-refractivity contribution in [3.8, 4) is 0 Å². The minimum absolute atomic E-state index is 0.00598. The number of rotatable bonds is 13.